The summed E-state index contributed by atoms with van der Waals surface area (Å²) < 4.78 is 38.0. The predicted octanol–water partition coefficient (Wildman–Crippen LogP) is 2.35. The summed E-state index contributed by atoms with van der Waals surface area (Å²) in [6.45, 7) is 1.40. The van der Waals surface area contributed by atoms with Crippen molar-refractivity contribution in [2.45, 2.75) is 13.1 Å². The number of halogens is 4. The molecule has 0 aromatic carbocycles. The Balaban J connectivity index is 3.32. The summed E-state index contributed by atoms with van der Waals surface area (Å²) in [5, 5.41) is 3.66. The molecule has 1 heterocycles. The number of nitrogens with zero attached hydrogens (tertiary/aromatic N) is 2. The Kier molecular flexibility index (Phi) is 2.37. The van der Waals surface area contributed by atoms with Gasteiger partial charge in [-0.1, -0.05) is 0 Å². The average Bonchev–Trinajstić information content (AvgIpc) is 2.05. The summed E-state index contributed by atoms with van der Waals surface area (Å²) in [6, 6.07) is 0. The molecule has 0 spiro atoms. The molecule has 0 bridgehead atoms. The van der Waals surface area contributed by atoms with Gasteiger partial charge in [0.1, 0.15) is 9.26 Å². The van der Waals surface area contributed by atoms with E-state index in [-0.39, 0.29) is 9.39 Å². The molecule has 0 unspecified atom stereocenters. The quantitative estimate of drug-likeness (QED) is 0.671. The molecule has 0 aliphatic rings. The van der Waals surface area contributed by atoms with E-state index in [0.717, 1.165) is 0 Å². The summed E-state index contributed by atoms with van der Waals surface area (Å²) >= 11 is 1.58. The summed E-state index contributed by atoms with van der Waals surface area (Å²) in [7, 11) is 1.49. The van der Waals surface area contributed by atoms with Crippen LogP contribution in [0.25, 0.3) is 0 Å². The average molecular weight is 290 g/mol. The molecule has 0 fully saturated rings. The molecule has 0 saturated carbocycles. The second kappa shape index (κ2) is 2.90. The van der Waals surface area contributed by atoms with E-state index in [0.29, 0.717) is 0 Å². The molecule has 6 heteroatoms. The van der Waals surface area contributed by atoms with Gasteiger partial charge in [-0.05, 0) is 29.5 Å². The van der Waals surface area contributed by atoms with Crippen LogP contribution in [0.5, 0.6) is 0 Å². The molecule has 2 nitrogen and oxygen atoms in total. The van der Waals surface area contributed by atoms with Crippen molar-refractivity contribution in [2.24, 2.45) is 7.05 Å². The van der Waals surface area contributed by atoms with Crippen molar-refractivity contribution in [3.63, 3.8) is 0 Å². The summed E-state index contributed by atoms with van der Waals surface area (Å²) in [5.41, 5.74) is -0.488. The molecule has 1 aromatic heterocycles. The van der Waals surface area contributed by atoms with E-state index in [2.05, 4.69) is 5.10 Å². The maximum Gasteiger partial charge on any atom is 0.420 e. The van der Waals surface area contributed by atoms with Gasteiger partial charge in [0.25, 0.3) is 0 Å². The SMILES string of the molecule is Cc1c(C(F)(F)F)c(I)nn1C. The number of hydrogen-bond donors (Lipinski definition) is 0. The van der Waals surface area contributed by atoms with Crippen LogP contribution in [-0.2, 0) is 13.2 Å². The fourth-order valence-electron chi connectivity index (χ4n) is 0.890. The standard InChI is InChI=1S/C6H6F3IN2/c1-3-4(6(7,8)9)5(10)11-12(3)2/h1-2H3. The zero-order valence-electron chi connectivity index (χ0n) is 6.41. The first-order valence-corrected chi connectivity index (χ1v) is 4.18. The minimum absolute atomic E-state index is 0.0000926. The molecule has 0 radical (unpaired) electrons. The van der Waals surface area contributed by atoms with Crippen LogP contribution in [0, 0.1) is 10.6 Å². The molecule has 68 valence electrons. The van der Waals surface area contributed by atoms with E-state index in [4.69, 9.17) is 0 Å². The van der Waals surface area contributed by atoms with E-state index in [1.54, 1.807) is 22.6 Å². The van der Waals surface area contributed by atoms with E-state index in [1.807, 2.05) is 0 Å². The molecule has 12 heavy (non-hydrogen) atoms. The predicted molar refractivity (Wildman–Crippen MR) is 45.7 cm³/mol. The molecule has 0 atom stereocenters. The van der Waals surface area contributed by atoms with Crippen LogP contribution >= 0.6 is 22.6 Å². The van der Waals surface area contributed by atoms with Gasteiger partial charge in [0, 0.05) is 12.7 Å². The lowest BCUT2D eigenvalue weighted by molar-refractivity contribution is -0.138. The Morgan fingerprint density at radius 3 is 2.08 bits per heavy atom. The Hall–Kier alpha value is -0.270. The minimum Gasteiger partial charge on any atom is -0.271 e. The first-order valence-electron chi connectivity index (χ1n) is 3.10. The zero-order valence-corrected chi connectivity index (χ0v) is 8.56. The highest BCUT2D eigenvalue weighted by atomic mass is 127. The van der Waals surface area contributed by atoms with E-state index >= 15 is 0 Å². The van der Waals surface area contributed by atoms with Crippen molar-refractivity contribution in [1.29, 1.82) is 0 Å². The van der Waals surface area contributed by atoms with Gasteiger partial charge in [-0.3, -0.25) is 4.68 Å². The maximum absolute atomic E-state index is 12.3. The number of aromatic nitrogens is 2. The topological polar surface area (TPSA) is 17.8 Å². The van der Waals surface area contributed by atoms with Gasteiger partial charge in [0.15, 0.2) is 0 Å². The molecule has 1 aromatic rings. The van der Waals surface area contributed by atoms with Gasteiger partial charge in [0.2, 0.25) is 0 Å². The van der Waals surface area contributed by atoms with Crippen molar-refractivity contribution >= 4 is 22.6 Å². The first-order chi connectivity index (χ1) is 5.34. The molecule has 0 saturated heterocycles. The van der Waals surface area contributed by atoms with Crippen molar-refractivity contribution in [3.05, 3.63) is 15.0 Å². The Morgan fingerprint density at radius 2 is 1.92 bits per heavy atom. The molecular formula is C6H6F3IN2. The monoisotopic (exact) mass is 290 g/mol. The first kappa shape index (κ1) is 9.82. The summed E-state index contributed by atoms with van der Waals surface area (Å²) in [4.78, 5) is 0. The summed E-state index contributed by atoms with van der Waals surface area (Å²) in [5.74, 6) is 0. The molecule has 0 aliphatic heterocycles. The summed E-state index contributed by atoms with van der Waals surface area (Å²) in [6.07, 6.45) is -4.30. The zero-order chi connectivity index (χ0) is 9.52. The van der Waals surface area contributed by atoms with Crippen molar-refractivity contribution in [1.82, 2.24) is 9.78 Å². The highest BCUT2D eigenvalue weighted by Crippen LogP contribution is 2.34. The number of hydrogen-bond acceptors (Lipinski definition) is 1. The van der Waals surface area contributed by atoms with Gasteiger partial charge in [-0.25, -0.2) is 0 Å². The van der Waals surface area contributed by atoms with Crippen LogP contribution in [-0.4, -0.2) is 9.78 Å². The normalized spacial score (nSPS) is 12.2. The largest absolute Gasteiger partial charge is 0.420 e. The maximum atomic E-state index is 12.3. The molecular weight excluding hydrogens is 284 g/mol. The fourth-order valence-corrected chi connectivity index (χ4v) is 1.91. The lowest BCUT2D eigenvalue weighted by atomic mass is 10.2. The van der Waals surface area contributed by atoms with E-state index in [1.165, 1.54) is 18.7 Å². The van der Waals surface area contributed by atoms with E-state index in [9.17, 15) is 13.2 Å². The van der Waals surface area contributed by atoms with Gasteiger partial charge < -0.3 is 0 Å². The van der Waals surface area contributed by atoms with Gasteiger partial charge in [-0.15, -0.1) is 0 Å². The van der Waals surface area contributed by atoms with Crippen molar-refractivity contribution in [2.75, 3.05) is 0 Å². The smallest absolute Gasteiger partial charge is 0.271 e. The van der Waals surface area contributed by atoms with Crippen LogP contribution in [0.1, 0.15) is 11.3 Å². The van der Waals surface area contributed by atoms with Crippen LogP contribution < -0.4 is 0 Å². The fraction of sp³-hybridized carbons (Fsp3) is 0.500. The Bertz CT molecular complexity index is 302. The highest BCUT2D eigenvalue weighted by Gasteiger charge is 2.37. The van der Waals surface area contributed by atoms with Gasteiger partial charge >= 0.3 is 6.18 Å². The van der Waals surface area contributed by atoms with Crippen LogP contribution in [0.3, 0.4) is 0 Å². The number of alkyl halides is 3. The van der Waals surface area contributed by atoms with Gasteiger partial charge in [-0.2, -0.15) is 18.3 Å². The third-order valence-electron chi connectivity index (χ3n) is 1.57. The van der Waals surface area contributed by atoms with Crippen molar-refractivity contribution in [3.8, 4) is 0 Å². The molecule has 0 aliphatic carbocycles. The number of aryl methyl sites for hydroxylation is 1. The Morgan fingerprint density at radius 1 is 1.42 bits per heavy atom. The Labute approximate surface area is 80.9 Å². The van der Waals surface area contributed by atoms with Gasteiger partial charge in [0.05, 0.1) is 0 Å². The number of rotatable bonds is 0. The lowest BCUT2D eigenvalue weighted by Crippen LogP contribution is -2.08. The third-order valence-corrected chi connectivity index (χ3v) is 2.33. The minimum atomic E-state index is -4.30. The molecule has 0 amide bonds. The van der Waals surface area contributed by atoms with Crippen LogP contribution in [0.4, 0.5) is 13.2 Å². The third kappa shape index (κ3) is 1.57. The molecule has 1 rings (SSSR count). The van der Waals surface area contributed by atoms with Crippen LogP contribution in [0.15, 0.2) is 0 Å². The second-order valence-electron chi connectivity index (χ2n) is 2.37. The molecule has 0 N–H and O–H groups in total. The van der Waals surface area contributed by atoms with Crippen molar-refractivity contribution < 1.29 is 13.2 Å². The van der Waals surface area contributed by atoms with E-state index < -0.39 is 11.7 Å². The van der Waals surface area contributed by atoms with Crippen LogP contribution in [0.2, 0.25) is 0 Å². The second-order valence-corrected chi connectivity index (χ2v) is 3.39. The highest BCUT2D eigenvalue weighted by molar-refractivity contribution is 14.1. The lowest BCUT2D eigenvalue weighted by Gasteiger charge is -2.04.